The van der Waals surface area contributed by atoms with Gasteiger partial charge in [-0.05, 0) is 30.5 Å². The highest BCUT2D eigenvalue weighted by Gasteiger charge is 2.29. The summed E-state index contributed by atoms with van der Waals surface area (Å²) in [5, 5.41) is 2.75. The molecule has 2 rings (SSSR count). The number of nitrogens with one attached hydrogen (secondary N) is 1. The van der Waals surface area contributed by atoms with E-state index < -0.39 is 17.7 Å². The van der Waals surface area contributed by atoms with Gasteiger partial charge >= 0.3 is 12.1 Å². The first-order chi connectivity index (χ1) is 10.3. The number of alkyl halides is 3. The van der Waals surface area contributed by atoms with Crippen molar-refractivity contribution in [3.05, 3.63) is 35.4 Å². The Morgan fingerprint density at radius 2 is 1.95 bits per heavy atom. The van der Waals surface area contributed by atoms with Crippen LogP contribution in [0.2, 0.25) is 0 Å². The summed E-state index contributed by atoms with van der Waals surface area (Å²) >= 11 is 0. The molecule has 1 aromatic carbocycles. The Morgan fingerprint density at radius 3 is 2.50 bits per heavy atom. The predicted octanol–water partition coefficient (Wildman–Crippen LogP) is 2.81. The van der Waals surface area contributed by atoms with E-state index in [1.54, 1.807) is 0 Å². The third-order valence-electron chi connectivity index (χ3n) is 3.46. The fraction of sp³-hybridized carbons (Fsp3) is 0.467. The maximum atomic E-state index is 12.4. The van der Waals surface area contributed by atoms with E-state index in [1.807, 2.05) is 0 Å². The van der Waals surface area contributed by atoms with Gasteiger partial charge in [0.15, 0.2) is 0 Å². The van der Waals surface area contributed by atoms with Crippen LogP contribution < -0.4 is 5.32 Å². The van der Waals surface area contributed by atoms with Crippen LogP contribution in [-0.4, -0.2) is 17.9 Å². The normalized spacial score (nSPS) is 18.1. The van der Waals surface area contributed by atoms with Crippen LogP contribution in [0.4, 0.5) is 13.2 Å². The minimum Gasteiger partial charge on any atom is -0.461 e. The molecule has 0 aliphatic carbocycles. The van der Waals surface area contributed by atoms with E-state index in [4.69, 9.17) is 4.74 Å². The van der Waals surface area contributed by atoms with Crippen molar-refractivity contribution in [3.63, 3.8) is 0 Å². The number of benzene rings is 1. The molecule has 0 saturated carbocycles. The Bertz CT molecular complexity index is 540. The number of halogens is 3. The fourth-order valence-corrected chi connectivity index (χ4v) is 2.21. The molecule has 0 bridgehead atoms. The summed E-state index contributed by atoms with van der Waals surface area (Å²) in [6.07, 6.45) is -2.50. The highest BCUT2D eigenvalue weighted by atomic mass is 19.4. The summed E-state index contributed by atoms with van der Waals surface area (Å²) in [7, 11) is 0. The molecule has 1 saturated heterocycles. The first-order valence-electron chi connectivity index (χ1n) is 6.96. The third kappa shape index (κ3) is 4.75. The largest absolute Gasteiger partial charge is 0.461 e. The van der Waals surface area contributed by atoms with E-state index >= 15 is 0 Å². The molecular weight excluding hydrogens is 299 g/mol. The molecule has 1 atom stereocenters. The molecule has 0 radical (unpaired) electrons. The number of esters is 1. The second kappa shape index (κ2) is 6.81. The van der Waals surface area contributed by atoms with E-state index in [0.29, 0.717) is 24.8 Å². The molecule has 1 fully saturated rings. The van der Waals surface area contributed by atoms with Crippen LogP contribution in [0.5, 0.6) is 0 Å². The summed E-state index contributed by atoms with van der Waals surface area (Å²) in [5.74, 6) is -0.441. The molecule has 22 heavy (non-hydrogen) atoms. The number of carbonyl (C=O) groups is 2. The van der Waals surface area contributed by atoms with Crippen molar-refractivity contribution in [2.75, 3.05) is 0 Å². The van der Waals surface area contributed by atoms with E-state index in [9.17, 15) is 22.8 Å². The first kappa shape index (κ1) is 16.3. The smallest absolute Gasteiger partial charge is 0.416 e. The topological polar surface area (TPSA) is 55.4 Å². The molecule has 1 heterocycles. The summed E-state index contributed by atoms with van der Waals surface area (Å²) in [4.78, 5) is 22.6. The number of hydrogen-bond acceptors (Lipinski definition) is 3. The quantitative estimate of drug-likeness (QED) is 0.850. The summed E-state index contributed by atoms with van der Waals surface area (Å²) in [6.45, 7) is -0.0615. The Balaban J connectivity index is 1.73. The van der Waals surface area contributed by atoms with Crippen LogP contribution in [0.1, 0.15) is 36.8 Å². The zero-order valence-electron chi connectivity index (χ0n) is 11.8. The van der Waals surface area contributed by atoms with Gasteiger partial charge < -0.3 is 10.1 Å². The van der Waals surface area contributed by atoms with Crippen LogP contribution in [0.25, 0.3) is 0 Å². The van der Waals surface area contributed by atoms with E-state index in [1.165, 1.54) is 12.1 Å². The minimum absolute atomic E-state index is 0.00567. The van der Waals surface area contributed by atoms with Crippen LogP contribution in [0, 0.1) is 0 Å². The lowest BCUT2D eigenvalue weighted by molar-refractivity contribution is -0.145. The third-order valence-corrected chi connectivity index (χ3v) is 3.46. The number of amides is 1. The van der Waals surface area contributed by atoms with Gasteiger partial charge in [-0.2, -0.15) is 13.2 Å². The van der Waals surface area contributed by atoms with Gasteiger partial charge in [0.25, 0.3) is 0 Å². The fourth-order valence-electron chi connectivity index (χ4n) is 2.21. The Morgan fingerprint density at radius 1 is 1.27 bits per heavy atom. The van der Waals surface area contributed by atoms with Crippen molar-refractivity contribution in [2.24, 2.45) is 0 Å². The molecule has 1 unspecified atom stereocenters. The van der Waals surface area contributed by atoms with Gasteiger partial charge in [0.1, 0.15) is 6.61 Å². The van der Waals surface area contributed by atoms with Gasteiger partial charge in [-0.1, -0.05) is 12.1 Å². The minimum atomic E-state index is -4.37. The van der Waals surface area contributed by atoms with E-state index in [0.717, 1.165) is 12.1 Å². The first-order valence-corrected chi connectivity index (χ1v) is 6.96. The number of ether oxygens (including phenoxy) is 1. The van der Waals surface area contributed by atoms with Crippen molar-refractivity contribution >= 4 is 11.9 Å². The second-order valence-electron chi connectivity index (χ2n) is 5.20. The van der Waals surface area contributed by atoms with Crippen LogP contribution in [0.3, 0.4) is 0 Å². The van der Waals surface area contributed by atoms with E-state index in [2.05, 4.69) is 5.32 Å². The molecule has 1 aliphatic heterocycles. The monoisotopic (exact) mass is 315 g/mol. The molecule has 4 nitrogen and oxygen atoms in total. The van der Waals surface area contributed by atoms with Gasteiger partial charge in [-0.15, -0.1) is 0 Å². The SMILES string of the molecule is O=C1CCC(CCC(=O)OCc2ccc(C(F)(F)F)cc2)N1. The van der Waals surface area contributed by atoms with Gasteiger partial charge in [-0.25, -0.2) is 0 Å². The van der Waals surface area contributed by atoms with Crippen molar-refractivity contribution in [3.8, 4) is 0 Å². The summed E-state index contributed by atoms with van der Waals surface area (Å²) < 4.78 is 42.2. The van der Waals surface area contributed by atoms with Gasteiger partial charge in [0, 0.05) is 18.9 Å². The molecular formula is C15H16F3NO3. The zero-order chi connectivity index (χ0) is 16.2. The molecule has 1 aromatic rings. The van der Waals surface area contributed by atoms with Crippen molar-refractivity contribution in [2.45, 2.75) is 44.5 Å². The lowest BCUT2D eigenvalue weighted by atomic mass is 10.1. The van der Waals surface area contributed by atoms with E-state index in [-0.39, 0.29) is 25.0 Å². The van der Waals surface area contributed by atoms with Gasteiger partial charge in [0.05, 0.1) is 5.56 Å². The van der Waals surface area contributed by atoms with Crippen molar-refractivity contribution in [1.29, 1.82) is 0 Å². The molecule has 1 aliphatic rings. The maximum absolute atomic E-state index is 12.4. The standard InChI is InChI=1S/C15H16F3NO3/c16-15(17,18)11-3-1-10(2-4-11)9-22-14(21)8-6-12-5-7-13(20)19-12/h1-4,12H,5-9H2,(H,19,20). The maximum Gasteiger partial charge on any atom is 0.416 e. The molecule has 7 heteroatoms. The Labute approximate surface area is 125 Å². The Hall–Kier alpha value is -2.05. The molecule has 1 N–H and O–H groups in total. The summed E-state index contributed by atoms with van der Waals surface area (Å²) in [6, 6.07) is 4.49. The van der Waals surface area contributed by atoms with Crippen molar-refractivity contribution < 1.29 is 27.5 Å². The molecule has 0 spiro atoms. The Kier molecular flexibility index (Phi) is 5.05. The highest BCUT2D eigenvalue weighted by Crippen LogP contribution is 2.29. The average Bonchev–Trinajstić information content (AvgIpc) is 2.88. The second-order valence-corrected chi connectivity index (χ2v) is 5.20. The van der Waals surface area contributed by atoms with Crippen LogP contribution >= 0.6 is 0 Å². The lowest BCUT2D eigenvalue weighted by Crippen LogP contribution is -2.26. The van der Waals surface area contributed by atoms with Gasteiger partial charge in [-0.3, -0.25) is 9.59 Å². The zero-order valence-corrected chi connectivity index (χ0v) is 11.8. The van der Waals surface area contributed by atoms with Crippen LogP contribution in [-0.2, 0) is 27.1 Å². The number of hydrogen-bond donors (Lipinski definition) is 1. The molecule has 1 amide bonds. The predicted molar refractivity (Wildman–Crippen MR) is 71.6 cm³/mol. The summed E-state index contributed by atoms with van der Waals surface area (Å²) in [5.41, 5.74) is -0.241. The molecule has 120 valence electrons. The number of rotatable bonds is 5. The van der Waals surface area contributed by atoms with Crippen molar-refractivity contribution in [1.82, 2.24) is 5.32 Å². The lowest BCUT2D eigenvalue weighted by Gasteiger charge is -2.10. The van der Waals surface area contributed by atoms with Crippen LogP contribution in [0.15, 0.2) is 24.3 Å². The number of carbonyl (C=O) groups excluding carboxylic acids is 2. The average molecular weight is 315 g/mol. The highest BCUT2D eigenvalue weighted by molar-refractivity contribution is 5.78. The van der Waals surface area contributed by atoms with Gasteiger partial charge in [0.2, 0.25) is 5.91 Å². The molecule has 0 aromatic heterocycles.